The molecule has 1 aromatic rings. The molecule has 1 aliphatic rings. The number of benzene rings is 1. The SMILES string of the molecule is CN[C@@H]1CCCN(S(=O)(=O)c2ccccc2OC(F)(F)F)C1. The molecule has 1 saturated heterocycles. The van der Waals surface area contributed by atoms with Crippen LogP contribution in [0.15, 0.2) is 29.2 Å². The van der Waals surface area contributed by atoms with E-state index in [4.69, 9.17) is 0 Å². The first-order valence-corrected chi connectivity index (χ1v) is 8.20. The predicted octanol–water partition coefficient (Wildman–Crippen LogP) is 1.96. The third-order valence-corrected chi connectivity index (χ3v) is 5.39. The molecule has 1 aliphatic heterocycles. The Morgan fingerprint density at radius 3 is 2.64 bits per heavy atom. The first kappa shape index (κ1) is 17.0. The van der Waals surface area contributed by atoms with Crippen molar-refractivity contribution in [1.29, 1.82) is 0 Å². The van der Waals surface area contributed by atoms with Crippen LogP contribution in [-0.4, -0.2) is 45.3 Å². The summed E-state index contributed by atoms with van der Waals surface area (Å²) in [6.07, 6.45) is -3.47. The van der Waals surface area contributed by atoms with Gasteiger partial charge in [-0.1, -0.05) is 12.1 Å². The maximum absolute atomic E-state index is 12.6. The first-order valence-electron chi connectivity index (χ1n) is 6.76. The molecule has 1 N–H and O–H groups in total. The number of sulfonamides is 1. The Hall–Kier alpha value is -1.32. The number of nitrogens with one attached hydrogen (secondary N) is 1. The lowest BCUT2D eigenvalue weighted by atomic mass is 10.1. The molecule has 1 aromatic carbocycles. The van der Waals surface area contributed by atoms with Gasteiger partial charge in [0.25, 0.3) is 0 Å². The monoisotopic (exact) mass is 338 g/mol. The van der Waals surface area contributed by atoms with E-state index in [2.05, 4.69) is 10.1 Å². The molecule has 0 aliphatic carbocycles. The smallest absolute Gasteiger partial charge is 0.404 e. The van der Waals surface area contributed by atoms with E-state index in [1.54, 1.807) is 7.05 Å². The summed E-state index contributed by atoms with van der Waals surface area (Å²) in [6.45, 7) is 0.500. The molecule has 1 atom stereocenters. The summed E-state index contributed by atoms with van der Waals surface area (Å²) in [5.74, 6) is -0.707. The summed E-state index contributed by atoms with van der Waals surface area (Å²) in [4.78, 5) is -0.468. The van der Waals surface area contributed by atoms with Gasteiger partial charge in [0, 0.05) is 19.1 Å². The van der Waals surface area contributed by atoms with E-state index in [1.165, 1.54) is 16.4 Å². The van der Waals surface area contributed by atoms with Gasteiger partial charge in [-0.05, 0) is 32.0 Å². The van der Waals surface area contributed by atoms with Crippen LogP contribution in [0.1, 0.15) is 12.8 Å². The van der Waals surface area contributed by atoms with Gasteiger partial charge in [-0.2, -0.15) is 4.31 Å². The molecule has 0 radical (unpaired) electrons. The molecule has 0 bridgehead atoms. The van der Waals surface area contributed by atoms with Crippen LogP contribution in [0.2, 0.25) is 0 Å². The molecule has 1 heterocycles. The largest absolute Gasteiger partial charge is 0.573 e. The first-order chi connectivity index (χ1) is 10.2. The van der Waals surface area contributed by atoms with Gasteiger partial charge >= 0.3 is 6.36 Å². The number of rotatable bonds is 4. The van der Waals surface area contributed by atoms with E-state index in [-0.39, 0.29) is 19.1 Å². The minimum Gasteiger partial charge on any atom is -0.404 e. The van der Waals surface area contributed by atoms with Gasteiger partial charge in [0.2, 0.25) is 10.0 Å². The fourth-order valence-electron chi connectivity index (χ4n) is 2.41. The van der Waals surface area contributed by atoms with Gasteiger partial charge in [0.05, 0.1) is 0 Å². The van der Waals surface area contributed by atoms with Crippen molar-refractivity contribution in [3.8, 4) is 5.75 Å². The van der Waals surface area contributed by atoms with Crippen LogP contribution in [0.5, 0.6) is 5.75 Å². The molecule has 124 valence electrons. The highest BCUT2D eigenvalue weighted by Crippen LogP contribution is 2.32. The molecule has 22 heavy (non-hydrogen) atoms. The van der Waals surface area contributed by atoms with Crippen LogP contribution in [0.3, 0.4) is 0 Å². The van der Waals surface area contributed by atoms with Crippen molar-refractivity contribution in [2.24, 2.45) is 0 Å². The number of para-hydroxylation sites is 1. The second-order valence-corrected chi connectivity index (χ2v) is 6.89. The average Bonchev–Trinajstić information content (AvgIpc) is 2.46. The van der Waals surface area contributed by atoms with E-state index in [0.717, 1.165) is 18.6 Å². The quantitative estimate of drug-likeness (QED) is 0.912. The van der Waals surface area contributed by atoms with E-state index >= 15 is 0 Å². The van der Waals surface area contributed by atoms with Crippen molar-refractivity contribution in [3.05, 3.63) is 24.3 Å². The highest BCUT2D eigenvalue weighted by Gasteiger charge is 2.36. The van der Waals surface area contributed by atoms with Crippen LogP contribution >= 0.6 is 0 Å². The topological polar surface area (TPSA) is 58.6 Å². The van der Waals surface area contributed by atoms with Crippen molar-refractivity contribution < 1.29 is 26.3 Å². The summed E-state index contributed by atoms with van der Waals surface area (Å²) < 4.78 is 67.5. The standard InChI is InChI=1S/C13H17F3N2O3S/c1-17-10-5-4-8-18(9-10)22(19,20)12-7-3-2-6-11(12)21-13(14,15)16/h2-3,6-7,10,17H,4-5,8-9H2,1H3/t10-/m1/s1. The molecule has 5 nitrogen and oxygen atoms in total. The van der Waals surface area contributed by atoms with Gasteiger partial charge in [0.1, 0.15) is 10.6 Å². The zero-order valence-corrected chi connectivity index (χ0v) is 12.7. The van der Waals surface area contributed by atoms with Crippen molar-refractivity contribution in [1.82, 2.24) is 9.62 Å². The third-order valence-electron chi connectivity index (χ3n) is 3.49. The number of hydrogen-bond acceptors (Lipinski definition) is 4. The summed E-state index contributed by atoms with van der Waals surface area (Å²) in [6, 6.07) is 4.78. The summed E-state index contributed by atoms with van der Waals surface area (Å²) in [7, 11) is -2.32. The van der Waals surface area contributed by atoms with E-state index in [9.17, 15) is 21.6 Å². The van der Waals surface area contributed by atoms with E-state index in [1.807, 2.05) is 0 Å². The summed E-state index contributed by atoms with van der Waals surface area (Å²) >= 11 is 0. The molecule has 0 unspecified atom stereocenters. The molecule has 0 saturated carbocycles. The highest BCUT2D eigenvalue weighted by molar-refractivity contribution is 7.89. The van der Waals surface area contributed by atoms with Crippen LogP contribution in [0.4, 0.5) is 13.2 Å². The second kappa shape index (κ2) is 6.43. The molecule has 2 rings (SSSR count). The Morgan fingerprint density at radius 2 is 2.00 bits per heavy atom. The highest BCUT2D eigenvalue weighted by atomic mass is 32.2. The normalized spacial score (nSPS) is 20.8. The fourth-order valence-corrected chi connectivity index (χ4v) is 4.05. The zero-order chi connectivity index (χ0) is 16.4. The maximum Gasteiger partial charge on any atom is 0.573 e. The molecule has 9 heteroatoms. The number of alkyl halides is 3. The van der Waals surface area contributed by atoms with Crippen LogP contribution in [-0.2, 0) is 10.0 Å². The van der Waals surface area contributed by atoms with Crippen LogP contribution < -0.4 is 10.1 Å². The van der Waals surface area contributed by atoms with Gasteiger partial charge in [-0.3, -0.25) is 0 Å². The van der Waals surface area contributed by atoms with Crippen molar-refractivity contribution in [2.45, 2.75) is 30.1 Å². The van der Waals surface area contributed by atoms with Crippen LogP contribution in [0, 0.1) is 0 Å². The fraction of sp³-hybridized carbons (Fsp3) is 0.538. The van der Waals surface area contributed by atoms with Crippen molar-refractivity contribution >= 4 is 10.0 Å². The van der Waals surface area contributed by atoms with Gasteiger partial charge in [-0.15, -0.1) is 13.2 Å². The zero-order valence-electron chi connectivity index (χ0n) is 11.9. The molecule has 0 amide bonds. The predicted molar refractivity (Wildman–Crippen MR) is 74.0 cm³/mol. The number of nitrogens with zero attached hydrogens (tertiary/aromatic N) is 1. The van der Waals surface area contributed by atoms with E-state index in [0.29, 0.717) is 6.42 Å². The molecule has 1 fully saturated rings. The lowest BCUT2D eigenvalue weighted by molar-refractivity contribution is -0.275. The number of ether oxygens (including phenoxy) is 1. The van der Waals surface area contributed by atoms with Gasteiger partial charge in [-0.25, -0.2) is 8.42 Å². The maximum atomic E-state index is 12.6. The Kier molecular flexibility index (Phi) is 4.98. The van der Waals surface area contributed by atoms with Crippen molar-refractivity contribution in [2.75, 3.05) is 20.1 Å². The van der Waals surface area contributed by atoms with Gasteiger partial charge < -0.3 is 10.1 Å². The van der Waals surface area contributed by atoms with Crippen LogP contribution in [0.25, 0.3) is 0 Å². The number of piperidine rings is 1. The van der Waals surface area contributed by atoms with Gasteiger partial charge in [0.15, 0.2) is 0 Å². The summed E-state index contributed by atoms with van der Waals surface area (Å²) in [5.41, 5.74) is 0. The Morgan fingerprint density at radius 1 is 1.32 bits per heavy atom. The number of likely N-dealkylation sites (N-methyl/N-ethyl adjacent to an activating group) is 1. The Bertz CT molecular complexity index is 619. The number of halogens is 3. The minimum absolute atomic E-state index is 0.0146. The molecular weight excluding hydrogens is 321 g/mol. The Balaban J connectivity index is 2.33. The van der Waals surface area contributed by atoms with Crippen molar-refractivity contribution in [3.63, 3.8) is 0 Å². The summed E-state index contributed by atoms with van der Waals surface area (Å²) in [5, 5.41) is 2.99. The average molecular weight is 338 g/mol. The lowest BCUT2D eigenvalue weighted by Crippen LogP contribution is -2.46. The lowest BCUT2D eigenvalue weighted by Gasteiger charge is -2.32. The molecular formula is C13H17F3N2O3S. The molecule has 0 aromatic heterocycles. The Labute approximate surface area is 127 Å². The van der Waals surface area contributed by atoms with E-state index < -0.39 is 27.0 Å². The number of hydrogen-bond donors (Lipinski definition) is 1. The third kappa shape index (κ3) is 3.90. The second-order valence-electron chi connectivity index (χ2n) is 4.99. The molecule has 0 spiro atoms. The minimum atomic E-state index is -4.94.